The van der Waals surface area contributed by atoms with Crippen LogP contribution in [-0.4, -0.2) is 17.1 Å². The first kappa shape index (κ1) is 16.6. The predicted molar refractivity (Wildman–Crippen MR) is 100 cm³/mol. The summed E-state index contributed by atoms with van der Waals surface area (Å²) in [4.78, 5) is 9.86. The Balaban J connectivity index is 1.88. The lowest BCUT2D eigenvalue weighted by Gasteiger charge is -2.10. The van der Waals surface area contributed by atoms with E-state index in [1.807, 2.05) is 35.7 Å². The fraction of sp³-hybridized carbons (Fsp3) is 0.100. The lowest BCUT2D eigenvalue weighted by atomic mass is 10.1. The topological polar surface area (TPSA) is 44.2 Å². The van der Waals surface area contributed by atoms with Gasteiger partial charge in [-0.3, -0.25) is 0 Å². The normalized spacial score (nSPS) is 11.0. The van der Waals surface area contributed by atoms with E-state index in [9.17, 15) is 4.39 Å². The Hall–Kier alpha value is -2.83. The largest absolute Gasteiger partial charge is 0.438 e. The number of methoxy groups -OCH3 is 1. The number of ether oxygens (including phenoxy) is 2. The van der Waals surface area contributed by atoms with Gasteiger partial charge in [0.1, 0.15) is 23.0 Å². The maximum Gasteiger partial charge on any atom is 0.232 e. The molecule has 0 aliphatic carbocycles. The maximum atomic E-state index is 13.5. The van der Waals surface area contributed by atoms with Crippen LogP contribution in [-0.2, 0) is 11.3 Å². The minimum absolute atomic E-state index is 0.272. The van der Waals surface area contributed by atoms with Crippen LogP contribution in [0.4, 0.5) is 4.39 Å². The van der Waals surface area contributed by atoms with Gasteiger partial charge in [0.2, 0.25) is 5.88 Å². The van der Waals surface area contributed by atoms with Crippen LogP contribution in [0.25, 0.3) is 21.3 Å². The molecule has 0 aliphatic rings. The molecule has 6 heteroatoms. The van der Waals surface area contributed by atoms with E-state index < -0.39 is 0 Å². The van der Waals surface area contributed by atoms with Crippen molar-refractivity contribution < 1.29 is 13.9 Å². The van der Waals surface area contributed by atoms with Gasteiger partial charge in [-0.15, -0.1) is 11.3 Å². The molecule has 0 amide bonds. The second-order valence-electron chi connectivity index (χ2n) is 5.63. The molecule has 130 valence electrons. The first-order chi connectivity index (χ1) is 12.7. The van der Waals surface area contributed by atoms with Crippen molar-refractivity contribution in [3.8, 4) is 22.8 Å². The fourth-order valence-electron chi connectivity index (χ4n) is 2.69. The second-order valence-corrected chi connectivity index (χ2v) is 6.49. The van der Waals surface area contributed by atoms with E-state index in [1.165, 1.54) is 23.5 Å². The van der Waals surface area contributed by atoms with Crippen LogP contribution in [0.15, 0.2) is 60.0 Å². The van der Waals surface area contributed by atoms with Gasteiger partial charge in [-0.05, 0) is 17.7 Å². The monoisotopic (exact) mass is 366 g/mol. The van der Waals surface area contributed by atoms with E-state index >= 15 is 0 Å². The molecule has 2 heterocycles. The van der Waals surface area contributed by atoms with Gasteiger partial charge in [0.15, 0.2) is 5.82 Å². The Morgan fingerprint density at radius 2 is 1.88 bits per heavy atom. The number of nitrogens with zero attached hydrogens (tertiary/aromatic N) is 2. The van der Waals surface area contributed by atoms with Gasteiger partial charge >= 0.3 is 0 Å². The lowest BCUT2D eigenvalue weighted by molar-refractivity contribution is 0.177. The van der Waals surface area contributed by atoms with Crippen molar-refractivity contribution in [3.05, 3.63) is 71.6 Å². The van der Waals surface area contributed by atoms with Crippen molar-refractivity contribution in [1.29, 1.82) is 0 Å². The SMILES string of the molecule is COCc1nc(Oc2cccc(F)c2)c2c(-c3ccccc3)csc2n1. The average molecular weight is 366 g/mol. The molecule has 4 rings (SSSR count). The van der Waals surface area contributed by atoms with Gasteiger partial charge in [0, 0.05) is 24.1 Å². The molecule has 0 radical (unpaired) electrons. The molecule has 0 fully saturated rings. The zero-order valence-electron chi connectivity index (χ0n) is 14.0. The highest BCUT2D eigenvalue weighted by Gasteiger charge is 2.17. The molecule has 0 unspecified atom stereocenters. The summed E-state index contributed by atoms with van der Waals surface area (Å²) < 4.78 is 24.6. The molecule has 0 bridgehead atoms. The van der Waals surface area contributed by atoms with Crippen LogP contribution < -0.4 is 4.74 Å². The molecule has 0 saturated heterocycles. The zero-order valence-corrected chi connectivity index (χ0v) is 14.8. The van der Waals surface area contributed by atoms with E-state index in [1.54, 1.807) is 19.2 Å². The summed E-state index contributed by atoms with van der Waals surface area (Å²) in [5.41, 5.74) is 2.03. The van der Waals surface area contributed by atoms with Crippen molar-refractivity contribution in [1.82, 2.24) is 9.97 Å². The standard InChI is InChI=1S/C20H15FN2O2S/c1-24-11-17-22-19(25-15-9-5-8-14(21)10-15)18-16(12-26-20(18)23-17)13-6-3-2-4-7-13/h2-10,12H,11H2,1H3. The molecule has 26 heavy (non-hydrogen) atoms. The number of aromatic nitrogens is 2. The highest BCUT2D eigenvalue weighted by atomic mass is 32.1. The van der Waals surface area contributed by atoms with Crippen molar-refractivity contribution >= 4 is 21.6 Å². The Kier molecular flexibility index (Phi) is 4.60. The number of fused-ring (bicyclic) bond motifs is 1. The van der Waals surface area contributed by atoms with Crippen molar-refractivity contribution in [2.45, 2.75) is 6.61 Å². The summed E-state index contributed by atoms with van der Waals surface area (Å²) in [5.74, 6) is 0.942. The highest BCUT2D eigenvalue weighted by molar-refractivity contribution is 7.17. The lowest BCUT2D eigenvalue weighted by Crippen LogP contribution is -2.00. The third-order valence-corrected chi connectivity index (χ3v) is 4.69. The van der Waals surface area contributed by atoms with Crippen LogP contribution in [0.3, 0.4) is 0 Å². The van der Waals surface area contributed by atoms with E-state index in [-0.39, 0.29) is 12.4 Å². The van der Waals surface area contributed by atoms with Gasteiger partial charge in [-0.1, -0.05) is 36.4 Å². The summed E-state index contributed by atoms with van der Waals surface area (Å²) in [6.07, 6.45) is 0. The second kappa shape index (κ2) is 7.19. The van der Waals surface area contributed by atoms with E-state index in [0.717, 1.165) is 21.3 Å². The minimum atomic E-state index is -0.362. The number of thiophene rings is 1. The van der Waals surface area contributed by atoms with Crippen LogP contribution in [0.1, 0.15) is 5.82 Å². The van der Waals surface area contributed by atoms with E-state index in [4.69, 9.17) is 9.47 Å². The van der Waals surface area contributed by atoms with E-state index in [0.29, 0.717) is 17.5 Å². The molecule has 0 aliphatic heterocycles. The van der Waals surface area contributed by atoms with Gasteiger partial charge in [0.25, 0.3) is 0 Å². The average Bonchev–Trinajstić information content (AvgIpc) is 3.07. The first-order valence-electron chi connectivity index (χ1n) is 8.00. The third-order valence-electron chi connectivity index (χ3n) is 3.82. The van der Waals surface area contributed by atoms with Gasteiger partial charge in [-0.2, -0.15) is 4.98 Å². The third kappa shape index (κ3) is 3.29. The molecule has 0 saturated carbocycles. The Labute approximate surface area is 153 Å². The number of benzene rings is 2. The summed E-state index contributed by atoms with van der Waals surface area (Å²) in [7, 11) is 1.59. The smallest absolute Gasteiger partial charge is 0.232 e. The quantitative estimate of drug-likeness (QED) is 0.472. The van der Waals surface area contributed by atoms with Gasteiger partial charge < -0.3 is 9.47 Å². The molecule has 0 atom stereocenters. The maximum absolute atomic E-state index is 13.5. The molecule has 2 aromatic carbocycles. The summed E-state index contributed by atoms with van der Waals surface area (Å²) >= 11 is 1.52. The van der Waals surface area contributed by atoms with Crippen LogP contribution in [0, 0.1) is 5.82 Å². The van der Waals surface area contributed by atoms with Crippen LogP contribution >= 0.6 is 11.3 Å². The van der Waals surface area contributed by atoms with Crippen molar-refractivity contribution in [3.63, 3.8) is 0 Å². The Bertz CT molecular complexity index is 1050. The molecule has 0 N–H and O–H groups in total. The molecule has 4 aromatic rings. The predicted octanol–water partition coefficient (Wildman–Crippen LogP) is 5.44. The summed E-state index contributed by atoms with van der Waals surface area (Å²) in [6.45, 7) is 0.272. The van der Waals surface area contributed by atoms with Gasteiger partial charge in [0.05, 0.1) is 5.39 Å². The number of hydrogen-bond donors (Lipinski definition) is 0. The number of rotatable bonds is 5. The Morgan fingerprint density at radius 1 is 1.04 bits per heavy atom. The molecular weight excluding hydrogens is 351 g/mol. The fourth-order valence-corrected chi connectivity index (χ4v) is 3.65. The first-order valence-corrected chi connectivity index (χ1v) is 8.88. The molecular formula is C20H15FN2O2S. The van der Waals surface area contributed by atoms with Crippen LogP contribution in [0.2, 0.25) is 0 Å². The molecule has 0 spiro atoms. The minimum Gasteiger partial charge on any atom is -0.438 e. The Morgan fingerprint density at radius 3 is 2.65 bits per heavy atom. The highest BCUT2D eigenvalue weighted by Crippen LogP contribution is 2.39. The van der Waals surface area contributed by atoms with Crippen molar-refractivity contribution in [2.24, 2.45) is 0 Å². The molecule has 2 aromatic heterocycles. The van der Waals surface area contributed by atoms with Gasteiger partial charge in [-0.25, -0.2) is 9.37 Å². The number of halogens is 1. The van der Waals surface area contributed by atoms with Crippen LogP contribution in [0.5, 0.6) is 11.6 Å². The van der Waals surface area contributed by atoms with E-state index in [2.05, 4.69) is 9.97 Å². The zero-order chi connectivity index (χ0) is 17.9. The summed E-state index contributed by atoms with van der Waals surface area (Å²) in [5, 5.41) is 2.84. The number of hydrogen-bond acceptors (Lipinski definition) is 5. The summed E-state index contributed by atoms with van der Waals surface area (Å²) in [6, 6.07) is 16.0. The molecule has 4 nitrogen and oxygen atoms in total. The van der Waals surface area contributed by atoms with Crippen molar-refractivity contribution in [2.75, 3.05) is 7.11 Å².